The molecule has 12 aromatic rings. The predicted octanol–water partition coefficient (Wildman–Crippen LogP) is 17.2. The third-order valence-corrected chi connectivity index (χ3v) is 13.0. The van der Waals surface area contributed by atoms with Gasteiger partial charge < -0.3 is 14.4 Å². The van der Waals surface area contributed by atoms with Crippen molar-refractivity contribution < 1.29 is 0 Å². The number of nitrogens with zero attached hydrogens (tertiary/aromatic N) is 5. The van der Waals surface area contributed by atoms with Crippen molar-refractivity contribution in [1.29, 1.82) is 0 Å². The van der Waals surface area contributed by atoms with Crippen LogP contribution in [0.5, 0.6) is 0 Å². The third-order valence-electron chi connectivity index (χ3n) is 13.0. The van der Waals surface area contributed by atoms with E-state index in [9.17, 15) is 0 Å². The largest absolute Gasteiger partial charge is 0.311 e. The van der Waals surface area contributed by atoms with Crippen LogP contribution < -0.4 is 9.80 Å². The predicted molar refractivity (Wildman–Crippen MR) is 287 cm³/mol. The number of benzene rings is 10. The average Bonchev–Trinajstić information content (AvgIpc) is 3.76. The van der Waals surface area contributed by atoms with Crippen molar-refractivity contribution in [2.24, 2.45) is 0 Å². The minimum absolute atomic E-state index is 1.00. The molecule has 0 spiro atoms. The van der Waals surface area contributed by atoms with E-state index in [1.54, 1.807) is 6.33 Å². The van der Waals surface area contributed by atoms with E-state index in [2.05, 4.69) is 279 Å². The number of rotatable bonds is 11. The van der Waals surface area contributed by atoms with Gasteiger partial charge in [-0.2, -0.15) is 0 Å². The van der Waals surface area contributed by atoms with Crippen LogP contribution in [0.2, 0.25) is 0 Å². The molecule has 69 heavy (non-hydrogen) atoms. The summed E-state index contributed by atoms with van der Waals surface area (Å²) in [6.07, 6.45) is 5.25. The smallest absolute Gasteiger partial charge is 0.115 e. The molecule has 5 nitrogen and oxygen atoms in total. The summed E-state index contributed by atoms with van der Waals surface area (Å²) < 4.78 is 2.40. The van der Waals surface area contributed by atoms with Gasteiger partial charge in [0.1, 0.15) is 6.33 Å². The highest BCUT2D eigenvalue weighted by Crippen LogP contribution is 2.41. The normalized spacial score (nSPS) is 11.2. The van der Waals surface area contributed by atoms with Crippen LogP contribution in [0.25, 0.3) is 72.0 Å². The van der Waals surface area contributed by atoms with Crippen LogP contribution in [-0.2, 0) is 0 Å². The molecule has 0 saturated heterocycles. The van der Waals surface area contributed by atoms with Gasteiger partial charge in [0.05, 0.1) is 11.0 Å². The van der Waals surface area contributed by atoms with Crippen molar-refractivity contribution in [3.05, 3.63) is 274 Å². The SMILES string of the molecule is c1ccc(N(c2ccccc2)c2ccc(-c3ccc4c(c3)c3cc(-c5ccc(N(c6ccccc6)c6ccccc6)cc5)ccc3n4-c3ccc(-c4ccc(-c5cncnc5)cc4)cc3)cc2)cc1. The lowest BCUT2D eigenvalue weighted by Gasteiger charge is -2.25. The van der Waals surface area contributed by atoms with Gasteiger partial charge in [-0.15, -0.1) is 0 Å². The first kappa shape index (κ1) is 41.1. The fourth-order valence-electron chi connectivity index (χ4n) is 9.58. The van der Waals surface area contributed by atoms with Gasteiger partial charge in [0.15, 0.2) is 0 Å². The highest BCUT2D eigenvalue weighted by Gasteiger charge is 2.18. The van der Waals surface area contributed by atoms with Gasteiger partial charge in [0.25, 0.3) is 0 Å². The summed E-state index contributed by atoms with van der Waals surface area (Å²) in [4.78, 5) is 13.0. The lowest BCUT2D eigenvalue weighted by atomic mass is 9.99. The highest BCUT2D eigenvalue weighted by atomic mass is 15.1. The van der Waals surface area contributed by atoms with E-state index < -0.39 is 0 Å². The molecular formula is C64H45N5. The van der Waals surface area contributed by atoms with Gasteiger partial charge in [-0.1, -0.05) is 146 Å². The Balaban J connectivity index is 0.936. The maximum atomic E-state index is 4.20. The van der Waals surface area contributed by atoms with Crippen molar-refractivity contribution in [2.75, 3.05) is 9.80 Å². The maximum absolute atomic E-state index is 4.20. The topological polar surface area (TPSA) is 37.2 Å². The van der Waals surface area contributed by atoms with Crippen molar-refractivity contribution in [1.82, 2.24) is 14.5 Å². The molecule has 0 fully saturated rings. The molecule has 0 aliphatic heterocycles. The second-order valence-electron chi connectivity index (χ2n) is 17.2. The Labute approximate surface area is 402 Å². The van der Waals surface area contributed by atoms with E-state index in [1.807, 2.05) is 12.4 Å². The number of hydrogen-bond donors (Lipinski definition) is 0. The molecule has 0 bridgehead atoms. The first-order valence-corrected chi connectivity index (χ1v) is 23.3. The van der Waals surface area contributed by atoms with Gasteiger partial charge >= 0.3 is 0 Å². The quantitative estimate of drug-likeness (QED) is 0.130. The summed E-state index contributed by atoms with van der Waals surface area (Å²) in [6, 6.07) is 91.5. The molecule has 0 aliphatic rings. The van der Waals surface area contributed by atoms with E-state index in [0.717, 1.165) is 95.4 Å². The van der Waals surface area contributed by atoms with Gasteiger partial charge in [-0.05, 0) is 148 Å². The summed E-state index contributed by atoms with van der Waals surface area (Å²) in [5.74, 6) is 0. The summed E-state index contributed by atoms with van der Waals surface area (Å²) in [6.45, 7) is 0. The molecule has 0 amide bonds. The molecule has 12 rings (SSSR count). The molecule has 0 N–H and O–H groups in total. The summed E-state index contributed by atoms with van der Waals surface area (Å²) in [5, 5.41) is 2.40. The van der Waals surface area contributed by atoms with Crippen molar-refractivity contribution in [3.63, 3.8) is 0 Å². The molecule has 0 saturated carbocycles. The molecule has 5 heteroatoms. The average molecular weight is 884 g/mol. The molecule has 0 aliphatic carbocycles. The Kier molecular flexibility index (Phi) is 10.8. The summed E-state index contributed by atoms with van der Waals surface area (Å²) in [5.41, 5.74) is 19.1. The molecule has 2 aromatic heterocycles. The van der Waals surface area contributed by atoms with Gasteiger partial charge in [-0.25, -0.2) is 9.97 Å². The first-order chi connectivity index (χ1) is 34.2. The molecule has 326 valence electrons. The van der Waals surface area contributed by atoms with Crippen LogP contribution in [0.4, 0.5) is 34.1 Å². The molecule has 10 aromatic carbocycles. The van der Waals surface area contributed by atoms with Gasteiger partial charge in [0.2, 0.25) is 0 Å². The monoisotopic (exact) mass is 883 g/mol. The van der Waals surface area contributed by atoms with Crippen LogP contribution in [0.3, 0.4) is 0 Å². The number of hydrogen-bond acceptors (Lipinski definition) is 4. The lowest BCUT2D eigenvalue weighted by Crippen LogP contribution is -2.09. The Morgan fingerprint density at radius 1 is 0.261 bits per heavy atom. The van der Waals surface area contributed by atoms with E-state index in [-0.39, 0.29) is 0 Å². The van der Waals surface area contributed by atoms with Crippen molar-refractivity contribution in [3.8, 4) is 50.2 Å². The zero-order valence-electron chi connectivity index (χ0n) is 37.7. The zero-order valence-corrected chi connectivity index (χ0v) is 37.7. The maximum Gasteiger partial charge on any atom is 0.115 e. The van der Waals surface area contributed by atoms with Crippen LogP contribution >= 0.6 is 0 Å². The molecule has 0 radical (unpaired) electrons. The van der Waals surface area contributed by atoms with Crippen LogP contribution in [0.15, 0.2) is 274 Å². The van der Waals surface area contributed by atoms with E-state index >= 15 is 0 Å². The van der Waals surface area contributed by atoms with Crippen LogP contribution in [-0.4, -0.2) is 14.5 Å². The summed E-state index contributed by atoms with van der Waals surface area (Å²) >= 11 is 0. The third kappa shape index (κ3) is 8.09. The number of fused-ring (bicyclic) bond motifs is 3. The van der Waals surface area contributed by atoms with Gasteiger partial charge in [0, 0.05) is 68.5 Å². The fraction of sp³-hybridized carbons (Fsp3) is 0. The van der Waals surface area contributed by atoms with Crippen molar-refractivity contribution in [2.45, 2.75) is 0 Å². The summed E-state index contributed by atoms with van der Waals surface area (Å²) in [7, 11) is 0. The second kappa shape index (κ2) is 18.2. The Hall–Kier alpha value is -9.32. The van der Waals surface area contributed by atoms with E-state index in [4.69, 9.17) is 0 Å². The lowest BCUT2D eigenvalue weighted by molar-refractivity contribution is 1.17. The molecule has 2 heterocycles. The second-order valence-corrected chi connectivity index (χ2v) is 17.2. The first-order valence-electron chi connectivity index (χ1n) is 23.3. The standard InChI is InChI=1S/C64H45N5/c1-5-13-54(14-6-1)67(55-15-7-2-8-16-55)58-33-27-48(28-34-58)51-31-39-63-61(41-51)62-42-52(49-29-35-59(36-30-49)68(56-17-9-3-10-18-56)57-19-11-4-12-20-57)32-40-64(62)69(63)60-37-25-47(26-38-60)46-21-23-50(24-22-46)53-43-65-45-66-44-53/h1-45H. The Morgan fingerprint density at radius 2 is 0.551 bits per heavy atom. The van der Waals surface area contributed by atoms with Crippen molar-refractivity contribution >= 4 is 55.9 Å². The highest BCUT2D eigenvalue weighted by molar-refractivity contribution is 6.11. The molecule has 0 atom stereocenters. The minimum Gasteiger partial charge on any atom is -0.311 e. The minimum atomic E-state index is 1.00. The zero-order chi connectivity index (χ0) is 45.9. The van der Waals surface area contributed by atoms with Gasteiger partial charge in [-0.3, -0.25) is 0 Å². The fourth-order valence-corrected chi connectivity index (χ4v) is 9.58. The molecule has 0 unspecified atom stereocenters. The Morgan fingerprint density at radius 3 is 0.928 bits per heavy atom. The Bertz CT molecular complexity index is 3390. The van der Waals surface area contributed by atoms with Crippen LogP contribution in [0, 0.1) is 0 Å². The van der Waals surface area contributed by atoms with E-state index in [1.165, 1.54) is 10.8 Å². The number of para-hydroxylation sites is 4. The molecular weight excluding hydrogens is 839 g/mol. The number of aromatic nitrogens is 3. The van der Waals surface area contributed by atoms with Crippen LogP contribution in [0.1, 0.15) is 0 Å². The number of anilines is 6. The van der Waals surface area contributed by atoms with E-state index in [0.29, 0.717) is 0 Å².